The molecule has 0 aliphatic rings. The molecule has 128 valence electrons. The van der Waals surface area contributed by atoms with Gasteiger partial charge in [0.15, 0.2) is 0 Å². The van der Waals surface area contributed by atoms with Gasteiger partial charge in [0, 0.05) is 18.5 Å². The lowest BCUT2D eigenvalue weighted by Crippen LogP contribution is -2.24. The lowest BCUT2D eigenvalue weighted by atomic mass is 10.1. The van der Waals surface area contributed by atoms with E-state index in [1.54, 1.807) is 0 Å². The number of benzene rings is 1. The second-order valence-electron chi connectivity index (χ2n) is 5.42. The van der Waals surface area contributed by atoms with Crippen molar-refractivity contribution in [2.45, 2.75) is 33.1 Å². The molecule has 0 fully saturated rings. The molecule has 0 spiro atoms. The van der Waals surface area contributed by atoms with Crippen molar-refractivity contribution >= 4 is 23.2 Å². The highest BCUT2D eigenvalue weighted by Gasteiger charge is 2.16. The predicted molar refractivity (Wildman–Crippen MR) is 95.2 cm³/mol. The highest BCUT2D eigenvalue weighted by molar-refractivity contribution is 7.17. The zero-order valence-electron chi connectivity index (χ0n) is 14.2. The molecule has 5 nitrogen and oxygen atoms in total. The molecular formula is C18H22N2O3S. The van der Waals surface area contributed by atoms with E-state index in [9.17, 15) is 9.59 Å². The average Bonchev–Trinajstić information content (AvgIpc) is 3.00. The van der Waals surface area contributed by atoms with Gasteiger partial charge in [0.25, 0.3) is 5.91 Å². The number of hydrogen-bond donors (Lipinski definition) is 1. The predicted octanol–water partition coefficient (Wildman–Crippen LogP) is 3.36. The van der Waals surface area contributed by atoms with E-state index in [-0.39, 0.29) is 11.9 Å². The normalized spacial score (nSPS) is 10.5. The first-order valence-corrected chi connectivity index (χ1v) is 8.78. The molecule has 0 saturated heterocycles. The molecule has 0 aliphatic heterocycles. The molecule has 0 atom stereocenters. The van der Waals surface area contributed by atoms with E-state index in [1.807, 2.05) is 19.1 Å². The van der Waals surface area contributed by atoms with E-state index in [1.165, 1.54) is 24.0 Å². The molecule has 0 aliphatic carbocycles. The molecule has 0 unspecified atom stereocenters. The number of aryl methyl sites for hydroxylation is 2. The van der Waals surface area contributed by atoms with Crippen LogP contribution in [-0.4, -0.2) is 30.5 Å². The quantitative estimate of drug-likeness (QED) is 0.616. The van der Waals surface area contributed by atoms with Crippen LogP contribution in [0.2, 0.25) is 0 Å². The number of carbonyl (C=O) groups is 2. The van der Waals surface area contributed by atoms with Gasteiger partial charge in [-0.2, -0.15) is 0 Å². The van der Waals surface area contributed by atoms with Crippen LogP contribution >= 0.6 is 11.3 Å². The Morgan fingerprint density at radius 2 is 1.96 bits per heavy atom. The fraction of sp³-hybridized carbons (Fsp3) is 0.389. The number of aromatic nitrogens is 1. The van der Waals surface area contributed by atoms with E-state index in [0.29, 0.717) is 24.3 Å². The zero-order chi connectivity index (χ0) is 17.5. The molecule has 2 rings (SSSR count). The van der Waals surface area contributed by atoms with Crippen LogP contribution in [0.15, 0.2) is 24.3 Å². The third-order valence-corrected chi connectivity index (χ3v) is 4.89. The molecule has 0 radical (unpaired) electrons. The van der Waals surface area contributed by atoms with Crippen molar-refractivity contribution < 1.29 is 14.3 Å². The number of hydrogen-bond acceptors (Lipinski definition) is 5. The van der Waals surface area contributed by atoms with Crippen molar-refractivity contribution in [2.24, 2.45) is 0 Å². The third kappa shape index (κ3) is 4.64. The number of rotatable bonds is 7. The molecular weight excluding hydrogens is 324 g/mol. The van der Waals surface area contributed by atoms with Crippen molar-refractivity contribution in [2.75, 3.05) is 13.7 Å². The van der Waals surface area contributed by atoms with Crippen molar-refractivity contribution in [1.82, 2.24) is 10.3 Å². The van der Waals surface area contributed by atoms with Gasteiger partial charge in [-0.05, 0) is 25.3 Å². The average molecular weight is 346 g/mol. The van der Waals surface area contributed by atoms with Gasteiger partial charge < -0.3 is 10.1 Å². The smallest absolute Gasteiger partial charge is 0.305 e. The summed E-state index contributed by atoms with van der Waals surface area (Å²) in [5.41, 5.74) is 3.01. The summed E-state index contributed by atoms with van der Waals surface area (Å²) in [6.07, 6.45) is 1.85. The first-order valence-electron chi connectivity index (χ1n) is 7.97. The Morgan fingerprint density at radius 3 is 2.58 bits per heavy atom. The Balaban J connectivity index is 1.99. The standard InChI is InChI=1S/C18H22N2O3S/c1-4-13-7-9-14(10-8-13)18-20-12(2)16(24-18)17(22)19-11-5-6-15(21)23-3/h7-10H,4-6,11H2,1-3H3,(H,19,22). The van der Waals surface area contributed by atoms with Crippen molar-refractivity contribution in [3.8, 4) is 10.6 Å². The summed E-state index contributed by atoms with van der Waals surface area (Å²) in [4.78, 5) is 28.4. The topological polar surface area (TPSA) is 68.3 Å². The number of ether oxygens (including phenoxy) is 1. The molecule has 1 aromatic carbocycles. The number of carbonyl (C=O) groups excluding carboxylic acids is 2. The second-order valence-corrected chi connectivity index (χ2v) is 6.42. The fourth-order valence-electron chi connectivity index (χ4n) is 2.23. The SMILES string of the molecule is CCc1ccc(-c2nc(C)c(C(=O)NCCCC(=O)OC)s2)cc1. The Labute approximate surface area is 146 Å². The van der Waals surface area contributed by atoms with Crippen LogP contribution in [0.4, 0.5) is 0 Å². The van der Waals surface area contributed by atoms with Gasteiger partial charge in [-0.1, -0.05) is 31.2 Å². The van der Waals surface area contributed by atoms with Gasteiger partial charge >= 0.3 is 5.97 Å². The summed E-state index contributed by atoms with van der Waals surface area (Å²) in [6, 6.07) is 8.24. The maximum atomic E-state index is 12.3. The van der Waals surface area contributed by atoms with E-state index in [4.69, 9.17) is 0 Å². The number of methoxy groups -OCH3 is 1. The highest BCUT2D eigenvalue weighted by Crippen LogP contribution is 2.28. The first kappa shape index (κ1) is 18.1. The molecule has 1 heterocycles. The zero-order valence-corrected chi connectivity index (χ0v) is 15.0. The maximum absolute atomic E-state index is 12.3. The summed E-state index contributed by atoms with van der Waals surface area (Å²) >= 11 is 1.39. The fourth-order valence-corrected chi connectivity index (χ4v) is 3.22. The number of thiazole rings is 1. The van der Waals surface area contributed by atoms with Crippen LogP contribution in [0.5, 0.6) is 0 Å². The van der Waals surface area contributed by atoms with Crippen LogP contribution < -0.4 is 5.32 Å². The van der Waals surface area contributed by atoms with Crippen molar-refractivity contribution in [1.29, 1.82) is 0 Å². The number of esters is 1. The molecule has 1 aromatic heterocycles. The minimum atomic E-state index is -0.268. The van der Waals surface area contributed by atoms with Crippen LogP contribution in [0.25, 0.3) is 10.6 Å². The van der Waals surface area contributed by atoms with Gasteiger partial charge in [0.2, 0.25) is 0 Å². The summed E-state index contributed by atoms with van der Waals surface area (Å²) in [5.74, 6) is -0.415. The highest BCUT2D eigenvalue weighted by atomic mass is 32.1. The Morgan fingerprint density at radius 1 is 1.25 bits per heavy atom. The Bertz CT molecular complexity index is 708. The Kier molecular flexibility index (Phi) is 6.49. The number of amides is 1. The monoisotopic (exact) mass is 346 g/mol. The molecule has 0 saturated carbocycles. The van der Waals surface area contributed by atoms with Gasteiger partial charge in [-0.3, -0.25) is 9.59 Å². The summed E-state index contributed by atoms with van der Waals surface area (Å²) in [5, 5.41) is 3.67. The summed E-state index contributed by atoms with van der Waals surface area (Å²) in [6.45, 7) is 4.39. The van der Waals surface area contributed by atoms with Crippen molar-refractivity contribution in [3.05, 3.63) is 40.4 Å². The third-order valence-electron chi connectivity index (χ3n) is 3.68. The Hall–Kier alpha value is -2.21. The van der Waals surface area contributed by atoms with Gasteiger partial charge in [-0.25, -0.2) is 4.98 Å². The molecule has 0 bridgehead atoms. The molecule has 24 heavy (non-hydrogen) atoms. The van der Waals surface area contributed by atoms with E-state index < -0.39 is 0 Å². The molecule has 1 amide bonds. The van der Waals surface area contributed by atoms with Gasteiger partial charge in [0.1, 0.15) is 9.88 Å². The van der Waals surface area contributed by atoms with Crippen molar-refractivity contribution in [3.63, 3.8) is 0 Å². The summed E-state index contributed by atoms with van der Waals surface area (Å²) in [7, 11) is 1.36. The van der Waals surface area contributed by atoms with Crippen LogP contribution in [0.1, 0.15) is 40.7 Å². The van der Waals surface area contributed by atoms with E-state index in [0.717, 1.165) is 22.7 Å². The number of nitrogens with zero attached hydrogens (tertiary/aromatic N) is 1. The number of nitrogens with one attached hydrogen (secondary N) is 1. The largest absolute Gasteiger partial charge is 0.469 e. The van der Waals surface area contributed by atoms with Crippen LogP contribution in [0.3, 0.4) is 0 Å². The van der Waals surface area contributed by atoms with E-state index in [2.05, 4.69) is 34.1 Å². The van der Waals surface area contributed by atoms with Crippen LogP contribution in [0, 0.1) is 6.92 Å². The lowest BCUT2D eigenvalue weighted by molar-refractivity contribution is -0.140. The first-order chi connectivity index (χ1) is 11.5. The second kappa shape index (κ2) is 8.59. The van der Waals surface area contributed by atoms with Crippen LogP contribution in [-0.2, 0) is 16.0 Å². The lowest BCUT2D eigenvalue weighted by Gasteiger charge is -2.03. The van der Waals surface area contributed by atoms with Gasteiger partial charge in [-0.15, -0.1) is 11.3 Å². The van der Waals surface area contributed by atoms with Gasteiger partial charge in [0.05, 0.1) is 12.8 Å². The summed E-state index contributed by atoms with van der Waals surface area (Å²) < 4.78 is 4.57. The molecule has 2 aromatic rings. The minimum absolute atomic E-state index is 0.147. The minimum Gasteiger partial charge on any atom is -0.469 e. The molecule has 6 heteroatoms. The maximum Gasteiger partial charge on any atom is 0.305 e. The van der Waals surface area contributed by atoms with E-state index >= 15 is 0 Å². The molecule has 1 N–H and O–H groups in total.